The molecule has 1 aromatic carbocycles. The number of hydrogen-bond acceptors (Lipinski definition) is 8. The van der Waals surface area contributed by atoms with Crippen molar-refractivity contribution in [3.63, 3.8) is 0 Å². The highest BCUT2D eigenvalue weighted by atomic mass is 16.5. The molecule has 0 radical (unpaired) electrons. The second-order valence-corrected chi connectivity index (χ2v) is 11.3. The van der Waals surface area contributed by atoms with Crippen LogP contribution in [0, 0.1) is 11.3 Å². The summed E-state index contributed by atoms with van der Waals surface area (Å²) < 4.78 is 4.85. The quantitative estimate of drug-likeness (QED) is 0.319. The van der Waals surface area contributed by atoms with E-state index in [4.69, 9.17) is 4.74 Å². The van der Waals surface area contributed by atoms with Crippen LogP contribution in [0.15, 0.2) is 36.4 Å². The van der Waals surface area contributed by atoms with Crippen molar-refractivity contribution in [1.82, 2.24) is 26.1 Å². The first-order valence-corrected chi connectivity index (χ1v) is 13.8. The molecule has 0 bridgehead atoms. The van der Waals surface area contributed by atoms with Crippen LogP contribution in [0.25, 0.3) is 17.0 Å². The van der Waals surface area contributed by atoms with Crippen LogP contribution in [0.3, 0.4) is 0 Å². The lowest BCUT2D eigenvalue weighted by Crippen LogP contribution is -2.61. The molecule has 41 heavy (non-hydrogen) atoms. The van der Waals surface area contributed by atoms with E-state index >= 15 is 0 Å². The molecule has 2 heterocycles. The van der Waals surface area contributed by atoms with Crippen LogP contribution < -0.4 is 16.1 Å². The zero-order chi connectivity index (χ0) is 30.3. The van der Waals surface area contributed by atoms with Gasteiger partial charge in [0.25, 0.3) is 5.91 Å². The minimum absolute atomic E-state index is 0.204. The molecule has 3 atom stereocenters. The molecule has 1 unspecified atom stereocenters. The number of nitrogens with one attached hydrogen (secondary N) is 3. The van der Waals surface area contributed by atoms with Gasteiger partial charge in [-0.3, -0.25) is 29.2 Å². The Kier molecular flexibility index (Phi) is 10.6. The lowest BCUT2D eigenvalue weighted by Gasteiger charge is -2.34. The molecular weight excluding hydrogens is 526 g/mol. The highest BCUT2D eigenvalue weighted by Crippen LogP contribution is 2.22. The van der Waals surface area contributed by atoms with E-state index in [0.717, 1.165) is 16.5 Å². The number of aromatic nitrogens is 1. The topological polar surface area (TPSA) is 150 Å². The number of rotatable bonds is 10. The summed E-state index contributed by atoms with van der Waals surface area (Å²) in [5.74, 6) is -1.86. The van der Waals surface area contributed by atoms with Crippen molar-refractivity contribution >= 4 is 40.7 Å². The van der Waals surface area contributed by atoms with Gasteiger partial charge in [-0.1, -0.05) is 44.2 Å². The smallest absolute Gasteiger partial charge is 0.315 e. The predicted molar refractivity (Wildman–Crippen MR) is 155 cm³/mol. The average Bonchev–Trinajstić information content (AvgIpc) is 2.97. The normalized spacial score (nSPS) is 17.4. The van der Waals surface area contributed by atoms with Crippen LogP contribution in [0.4, 0.5) is 0 Å². The van der Waals surface area contributed by atoms with Crippen molar-refractivity contribution in [2.75, 3.05) is 13.7 Å². The fraction of sp³-hybridized carbons (Fsp3) is 0.500. The second-order valence-electron chi connectivity index (χ2n) is 11.3. The number of hydrazine groups is 1. The van der Waals surface area contributed by atoms with E-state index in [1.807, 2.05) is 36.4 Å². The Hall–Kier alpha value is -3.83. The van der Waals surface area contributed by atoms with E-state index in [1.54, 1.807) is 40.7 Å². The highest BCUT2D eigenvalue weighted by molar-refractivity contribution is 5.89. The first-order valence-electron chi connectivity index (χ1n) is 13.8. The minimum atomic E-state index is -1.21. The molecule has 222 valence electrons. The summed E-state index contributed by atoms with van der Waals surface area (Å²) >= 11 is 0. The number of esters is 1. The molecular formula is C30H41N5O6. The predicted octanol–water partition coefficient (Wildman–Crippen LogP) is 2.08. The summed E-state index contributed by atoms with van der Waals surface area (Å²) in [6, 6.07) is 8.09. The molecule has 4 N–H and O–H groups in total. The van der Waals surface area contributed by atoms with Crippen LogP contribution in [-0.4, -0.2) is 70.6 Å². The maximum Gasteiger partial charge on any atom is 0.315 e. The number of hydrogen-bond donors (Lipinski definition) is 4. The molecule has 1 aromatic heterocycles. The van der Waals surface area contributed by atoms with Crippen LogP contribution in [0.5, 0.6) is 0 Å². The van der Waals surface area contributed by atoms with Gasteiger partial charge in [0.1, 0.15) is 18.2 Å². The molecule has 1 saturated heterocycles. The van der Waals surface area contributed by atoms with Gasteiger partial charge >= 0.3 is 5.97 Å². The molecule has 3 rings (SSSR count). The van der Waals surface area contributed by atoms with Crippen molar-refractivity contribution in [3.05, 3.63) is 47.7 Å². The fourth-order valence-electron chi connectivity index (χ4n) is 4.35. The van der Waals surface area contributed by atoms with E-state index in [0.29, 0.717) is 25.1 Å². The van der Waals surface area contributed by atoms with Crippen molar-refractivity contribution in [2.24, 2.45) is 11.3 Å². The van der Waals surface area contributed by atoms with Gasteiger partial charge in [0, 0.05) is 11.9 Å². The SMILES string of the molecule is COC(=O)C(C)(C)/C=C/c1ccc2ccc(CNC(=O)[C@@H]3CCCN(C(=O)[C@H](C)NC(=O)C(O)C(C)C)N3)nc2c1. The maximum absolute atomic E-state index is 12.9. The first-order chi connectivity index (χ1) is 19.3. The van der Waals surface area contributed by atoms with E-state index in [-0.39, 0.29) is 30.2 Å². The average molecular weight is 568 g/mol. The number of aliphatic hydroxyl groups is 1. The van der Waals surface area contributed by atoms with Gasteiger partial charge in [0.15, 0.2) is 0 Å². The molecule has 0 saturated carbocycles. The fourth-order valence-corrected chi connectivity index (χ4v) is 4.35. The molecule has 1 aliphatic heterocycles. The maximum atomic E-state index is 12.9. The van der Waals surface area contributed by atoms with Gasteiger partial charge in [-0.15, -0.1) is 0 Å². The molecule has 1 aliphatic rings. The Balaban J connectivity index is 1.59. The number of aliphatic hydroxyl groups excluding tert-OH is 1. The summed E-state index contributed by atoms with van der Waals surface area (Å²) in [5.41, 5.74) is 4.50. The summed E-state index contributed by atoms with van der Waals surface area (Å²) in [5, 5.41) is 17.6. The van der Waals surface area contributed by atoms with E-state index in [9.17, 15) is 24.3 Å². The number of benzene rings is 1. The lowest BCUT2D eigenvalue weighted by atomic mass is 9.92. The van der Waals surface area contributed by atoms with Crippen molar-refractivity contribution in [3.8, 4) is 0 Å². The highest BCUT2D eigenvalue weighted by Gasteiger charge is 2.31. The van der Waals surface area contributed by atoms with Crippen LogP contribution in [0.2, 0.25) is 0 Å². The number of amides is 3. The summed E-state index contributed by atoms with van der Waals surface area (Å²) in [7, 11) is 1.36. The molecule has 1 fully saturated rings. The number of nitrogens with zero attached hydrogens (tertiary/aromatic N) is 2. The van der Waals surface area contributed by atoms with Crippen LogP contribution >= 0.6 is 0 Å². The summed E-state index contributed by atoms with van der Waals surface area (Å²) in [6.45, 7) is 9.14. The van der Waals surface area contributed by atoms with Gasteiger partial charge in [0.05, 0.1) is 30.3 Å². The number of methoxy groups -OCH3 is 1. The largest absolute Gasteiger partial charge is 0.468 e. The molecule has 11 nitrogen and oxygen atoms in total. The monoisotopic (exact) mass is 567 g/mol. The van der Waals surface area contributed by atoms with Gasteiger partial charge in [-0.25, -0.2) is 5.43 Å². The molecule has 0 spiro atoms. The number of pyridine rings is 1. The lowest BCUT2D eigenvalue weighted by molar-refractivity contribution is -0.148. The van der Waals surface area contributed by atoms with Gasteiger partial charge in [-0.05, 0) is 57.2 Å². The van der Waals surface area contributed by atoms with Gasteiger partial charge in [0.2, 0.25) is 11.8 Å². The number of carbonyl (C=O) groups excluding carboxylic acids is 4. The van der Waals surface area contributed by atoms with Crippen molar-refractivity contribution in [1.29, 1.82) is 0 Å². The van der Waals surface area contributed by atoms with Gasteiger partial charge < -0.3 is 20.5 Å². The number of ether oxygens (including phenoxy) is 1. The minimum Gasteiger partial charge on any atom is -0.468 e. The Labute approximate surface area is 240 Å². The van der Waals surface area contributed by atoms with Crippen LogP contribution in [0.1, 0.15) is 58.7 Å². The van der Waals surface area contributed by atoms with Gasteiger partial charge in [-0.2, -0.15) is 0 Å². The Morgan fingerprint density at radius 3 is 2.59 bits per heavy atom. The van der Waals surface area contributed by atoms with Crippen molar-refractivity contribution in [2.45, 2.75) is 72.2 Å². The first kappa shape index (κ1) is 31.7. The van der Waals surface area contributed by atoms with E-state index < -0.39 is 29.5 Å². The Bertz CT molecular complexity index is 1310. The molecule has 3 amide bonds. The summed E-state index contributed by atoms with van der Waals surface area (Å²) in [4.78, 5) is 54.6. The third-order valence-corrected chi connectivity index (χ3v) is 7.02. The Morgan fingerprint density at radius 2 is 1.90 bits per heavy atom. The molecule has 2 aromatic rings. The second kappa shape index (κ2) is 13.7. The number of carbonyl (C=O) groups is 4. The van der Waals surface area contributed by atoms with Crippen LogP contribution in [-0.2, 0) is 30.5 Å². The van der Waals surface area contributed by atoms with Crippen molar-refractivity contribution < 1.29 is 29.0 Å². The molecule has 0 aliphatic carbocycles. The zero-order valence-electron chi connectivity index (χ0n) is 24.6. The van der Waals surface area contributed by atoms with E-state index in [2.05, 4.69) is 21.0 Å². The standard InChI is InChI=1S/C30H41N5O6/c1-18(2)25(36)27(38)32-19(3)28(39)35-15-7-8-23(34-35)26(37)31-17-22-12-11-21-10-9-20(16-24(21)33-22)13-14-30(4,5)29(40)41-6/h9-14,16,18-19,23,25,34,36H,7-8,15,17H2,1-6H3,(H,31,37)(H,32,38)/b14-13+/t19-,23-,25?/m0/s1. The Morgan fingerprint density at radius 1 is 1.20 bits per heavy atom. The zero-order valence-corrected chi connectivity index (χ0v) is 24.6. The van der Waals surface area contributed by atoms with E-state index in [1.165, 1.54) is 12.1 Å². The molecule has 11 heteroatoms. The third kappa shape index (κ3) is 8.34. The third-order valence-electron chi connectivity index (χ3n) is 7.02. The number of fused-ring (bicyclic) bond motifs is 1. The summed E-state index contributed by atoms with van der Waals surface area (Å²) in [6.07, 6.45) is 3.60.